The summed E-state index contributed by atoms with van der Waals surface area (Å²) in [7, 11) is 5.82. The third-order valence-corrected chi connectivity index (χ3v) is 7.19. The van der Waals surface area contributed by atoms with E-state index in [2.05, 4.69) is 56.4 Å². The van der Waals surface area contributed by atoms with Crippen molar-refractivity contribution in [3.8, 4) is 5.75 Å². The first kappa shape index (κ1) is 28.8. The van der Waals surface area contributed by atoms with Gasteiger partial charge in [0.1, 0.15) is 5.75 Å². The number of hydrogen-bond acceptors (Lipinski definition) is 7. The predicted octanol–water partition coefficient (Wildman–Crippen LogP) is 2.41. The van der Waals surface area contributed by atoms with Crippen molar-refractivity contribution in [3.63, 3.8) is 0 Å². The number of carboxylic acids is 2. The van der Waals surface area contributed by atoms with E-state index in [0.29, 0.717) is 31.1 Å². The molecule has 1 aromatic rings. The molecule has 1 aromatic carbocycles. The molecule has 1 fully saturated rings. The minimum Gasteiger partial charge on any atom is -0.497 e. The Labute approximate surface area is 207 Å². The van der Waals surface area contributed by atoms with Gasteiger partial charge in [0.2, 0.25) is 0 Å². The number of methoxy groups -OCH3 is 1. The van der Waals surface area contributed by atoms with Crippen molar-refractivity contribution < 1.29 is 34.4 Å². The van der Waals surface area contributed by atoms with E-state index < -0.39 is 18.0 Å². The lowest BCUT2D eigenvalue weighted by atomic mass is 9.49. The normalized spacial score (nSPS) is 21.6. The molecule has 0 aliphatic heterocycles. The smallest absolute Gasteiger partial charge is 0.414 e. The molecule has 0 radical (unpaired) electrons. The van der Waals surface area contributed by atoms with Crippen LogP contribution >= 0.6 is 0 Å². The van der Waals surface area contributed by atoms with Crippen LogP contribution in [-0.2, 0) is 14.3 Å². The van der Waals surface area contributed by atoms with Gasteiger partial charge in [-0.2, -0.15) is 0 Å². The molecular weight excluding hydrogens is 452 g/mol. The SMILES string of the molecule is COc1ccc(C(CNCC(O)COCC2=CCC3CC2C3(C)C)N(C)C)cc1.O=C(O)C(=O)O. The molecule has 4 atom stereocenters. The monoisotopic (exact) mass is 492 g/mol. The van der Waals surface area contributed by atoms with E-state index in [1.807, 2.05) is 12.1 Å². The molecular formula is C26H40N2O7. The minimum absolute atomic E-state index is 0.232. The Morgan fingerprint density at radius 2 is 1.77 bits per heavy atom. The molecule has 0 heterocycles. The van der Waals surface area contributed by atoms with E-state index in [4.69, 9.17) is 29.3 Å². The van der Waals surface area contributed by atoms with E-state index in [0.717, 1.165) is 18.2 Å². The lowest BCUT2D eigenvalue weighted by Crippen LogP contribution is -2.48. The van der Waals surface area contributed by atoms with Crippen LogP contribution in [0, 0.1) is 17.3 Å². The second-order valence-electron chi connectivity index (χ2n) is 10.0. The van der Waals surface area contributed by atoms with E-state index in [9.17, 15) is 5.11 Å². The van der Waals surface area contributed by atoms with Gasteiger partial charge in [0.15, 0.2) is 0 Å². The zero-order valence-corrected chi connectivity index (χ0v) is 21.4. The molecule has 4 unspecified atom stereocenters. The largest absolute Gasteiger partial charge is 0.497 e. The maximum Gasteiger partial charge on any atom is 0.414 e. The highest BCUT2D eigenvalue weighted by Crippen LogP contribution is 2.59. The van der Waals surface area contributed by atoms with Gasteiger partial charge < -0.3 is 35.0 Å². The van der Waals surface area contributed by atoms with E-state index in [-0.39, 0.29) is 6.04 Å². The fourth-order valence-corrected chi connectivity index (χ4v) is 4.82. The van der Waals surface area contributed by atoms with Crippen LogP contribution < -0.4 is 10.1 Å². The number of rotatable bonds is 11. The predicted molar refractivity (Wildman–Crippen MR) is 132 cm³/mol. The Morgan fingerprint density at radius 1 is 1.14 bits per heavy atom. The van der Waals surface area contributed by atoms with Crippen LogP contribution in [-0.4, -0.2) is 85.8 Å². The van der Waals surface area contributed by atoms with Gasteiger partial charge in [-0.15, -0.1) is 0 Å². The first-order chi connectivity index (χ1) is 16.5. The summed E-state index contributed by atoms with van der Waals surface area (Å²) in [5.74, 6) is -1.27. The lowest BCUT2D eigenvalue weighted by molar-refractivity contribution is -0.159. The first-order valence-electron chi connectivity index (χ1n) is 11.9. The van der Waals surface area contributed by atoms with Crippen LogP contribution in [0.4, 0.5) is 0 Å². The third kappa shape index (κ3) is 8.03. The highest BCUT2D eigenvalue weighted by Gasteiger charge is 2.50. The van der Waals surface area contributed by atoms with Gasteiger partial charge in [-0.05, 0) is 67.5 Å². The molecule has 0 spiro atoms. The van der Waals surface area contributed by atoms with E-state index >= 15 is 0 Å². The number of hydrogen-bond donors (Lipinski definition) is 4. The molecule has 4 N–H and O–H groups in total. The van der Waals surface area contributed by atoms with Crippen molar-refractivity contribution in [2.45, 2.75) is 38.8 Å². The maximum absolute atomic E-state index is 10.3. The molecule has 196 valence electrons. The number of likely N-dealkylation sites (N-methyl/N-ethyl adjacent to an activating group) is 1. The summed E-state index contributed by atoms with van der Waals surface area (Å²) in [6.07, 6.45) is 4.36. The molecule has 9 heteroatoms. The number of carbonyl (C=O) groups is 2. The molecule has 1 saturated carbocycles. The van der Waals surface area contributed by atoms with Gasteiger partial charge in [-0.1, -0.05) is 32.1 Å². The average Bonchev–Trinajstić information content (AvgIpc) is 2.82. The lowest BCUT2D eigenvalue weighted by Gasteiger charge is -2.56. The number of nitrogens with one attached hydrogen (secondary N) is 1. The standard InChI is InChI=1S/C24H38N2O3.C2H2O4/c1-24(2)19-9-6-18(22(24)12-19)15-29-16-20(27)13-25-14-23(26(3)4)17-7-10-21(28-5)11-8-17;3-1(4)2(5)6/h6-8,10-11,19-20,22-23,25,27H,9,12-16H2,1-5H3;(H,3,4)(H,5,6). The number of aliphatic hydroxyl groups excluding tert-OH is 1. The topological polar surface area (TPSA) is 129 Å². The van der Waals surface area contributed by atoms with Crippen molar-refractivity contribution in [1.82, 2.24) is 10.2 Å². The molecule has 0 saturated heterocycles. The van der Waals surface area contributed by atoms with Crippen LogP contribution in [0.3, 0.4) is 0 Å². The van der Waals surface area contributed by atoms with Gasteiger partial charge in [0.05, 0.1) is 26.4 Å². The first-order valence-corrected chi connectivity index (χ1v) is 11.9. The number of allylic oxidation sites excluding steroid dienone is 1. The Kier molecular flexibility index (Phi) is 10.7. The van der Waals surface area contributed by atoms with Crippen molar-refractivity contribution in [2.75, 3.05) is 47.5 Å². The molecule has 3 aliphatic rings. The summed E-state index contributed by atoms with van der Waals surface area (Å²) >= 11 is 0. The number of aliphatic carboxylic acids is 2. The third-order valence-electron chi connectivity index (χ3n) is 7.19. The van der Waals surface area contributed by atoms with Gasteiger partial charge >= 0.3 is 11.9 Å². The molecule has 3 aliphatic carbocycles. The van der Waals surface area contributed by atoms with Crippen LogP contribution in [0.25, 0.3) is 0 Å². The Balaban J connectivity index is 0.000000641. The zero-order chi connectivity index (χ0) is 26.2. The van der Waals surface area contributed by atoms with Crippen molar-refractivity contribution >= 4 is 11.9 Å². The fourth-order valence-electron chi connectivity index (χ4n) is 4.82. The summed E-state index contributed by atoms with van der Waals surface area (Å²) in [5.41, 5.74) is 3.08. The second kappa shape index (κ2) is 13.0. The molecule has 35 heavy (non-hydrogen) atoms. The highest BCUT2D eigenvalue weighted by atomic mass is 16.5. The molecule has 0 aromatic heterocycles. The summed E-state index contributed by atoms with van der Waals surface area (Å²) < 4.78 is 11.1. The summed E-state index contributed by atoms with van der Waals surface area (Å²) in [4.78, 5) is 20.4. The number of carboxylic acid groups (broad SMARTS) is 2. The van der Waals surface area contributed by atoms with E-state index in [1.54, 1.807) is 7.11 Å². The number of benzene rings is 1. The second-order valence-corrected chi connectivity index (χ2v) is 10.0. The van der Waals surface area contributed by atoms with Gasteiger partial charge in [-0.3, -0.25) is 0 Å². The quantitative estimate of drug-likeness (QED) is 0.272. The van der Waals surface area contributed by atoms with Gasteiger partial charge in [0, 0.05) is 19.1 Å². The Morgan fingerprint density at radius 3 is 2.26 bits per heavy atom. The van der Waals surface area contributed by atoms with Crippen LogP contribution in [0.5, 0.6) is 5.75 Å². The maximum atomic E-state index is 10.3. The number of aliphatic hydroxyl groups is 1. The minimum atomic E-state index is -1.82. The zero-order valence-electron chi connectivity index (χ0n) is 21.4. The number of fused-ring (bicyclic) bond motifs is 1. The Bertz CT molecular complexity index is 855. The van der Waals surface area contributed by atoms with E-state index in [1.165, 1.54) is 24.0 Å². The van der Waals surface area contributed by atoms with Crippen molar-refractivity contribution in [2.24, 2.45) is 17.3 Å². The fraction of sp³-hybridized carbons (Fsp3) is 0.615. The summed E-state index contributed by atoms with van der Waals surface area (Å²) in [6, 6.07) is 8.39. The summed E-state index contributed by atoms with van der Waals surface area (Å²) in [5, 5.41) is 28.5. The van der Waals surface area contributed by atoms with Crippen LogP contribution in [0.15, 0.2) is 35.9 Å². The van der Waals surface area contributed by atoms with Crippen LogP contribution in [0.1, 0.15) is 38.3 Å². The number of ether oxygens (including phenoxy) is 2. The Hall–Kier alpha value is -2.46. The van der Waals surface area contributed by atoms with Crippen molar-refractivity contribution in [3.05, 3.63) is 41.5 Å². The molecule has 2 bridgehead atoms. The highest BCUT2D eigenvalue weighted by molar-refractivity contribution is 6.27. The number of nitrogens with zero attached hydrogens (tertiary/aromatic N) is 1. The molecule has 9 nitrogen and oxygen atoms in total. The van der Waals surface area contributed by atoms with Gasteiger partial charge in [0.25, 0.3) is 0 Å². The molecule has 4 rings (SSSR count). The molecule has 0 amide bonds. The summed E-state index contributed by atoms with van der Waals surface area (Å²) in [6.45, 7) is 7.07. The van der Waals surface area contributed by atoms with Crippen LogP contribution in [0.2, 0.25) is 0 Å². The average molecular weight is 493 g/mol. The van der Waals surface area contributed by atoms with Gasteiger partial charge in [-0.25, -0.2) is 9.59 Å². The van der Waals surface area contributed by atoms with Crippen molar-refractivity contribution in [1.29, 1.82) is 0 Å².